The second kappa shape index (κ2) is 6.51. The summed E-state index contributed by atoms with van der Waals surface area (Å²) in [7, 11) is 0. The third-order valence-electron chi connectivity index (χ3n) is 2.60. The van der Waals surface area contributed by atoms with E-state index in [0.717, 1.165) is 18.1 Å². The first-order valence-electron chi connectivity index (χ1n) is 6.26. The Bertz CT molecular complexity index is 584. The highest BCUT2D eigenvalue weighted by Gasteiger charge is 2.05. The summed E-state index contributed by atoms with van der Waals surface area (Å²) in [4.78, 5) is 14.5. The zero-order valence-corrected chi connectivity index (χ0v) is 11.1. The summed E-state index contributed by atoms with van der Waals surface area (Å²) < 4.78 is 5.55. The molecule has 0 saturated heterocycles. The molecule has 0 atom stereocenters. The summed E-state index contributed by atoms with van der Waals surface area (Å²) in [5, 5.41) is 13.7. The molecule has 0 saturated carbocycles. The molecule has 0 fully saturated rings. The second-order valence-corrected chi connectivity index (χ2v) is 4.08. The molecule has 1 aromatic carbocycles. The normalized spacial score (nSPS) is 10.1. The van der Waals surface area contributed by atoms with E-state index >= 15 is 0 Å². The van der Waals surface area contributed by atoms with Crippen LogP contribution in [0.25, 0.3) is 0 Å². The molecule has 2 rings (SSSR count). The molecule has 0 unspecified atom stereocenters. The predicted octanol–water partition coefficient (Wildman–Crippen LogP) is 3.00. The molecule has 1 heterocycles. The van der Waals surface area contributed by atoms with Gasteiger partial charge in [-0.25, -0.2) is 4.98 Å². The van der Waals surface area contributed by atoms with E-state index in [-0.39, 0.29) is 5.69 Å². The number of hydrogen-bond acceptors (Lipinski definition) is 5. The molecule has 0 aliphatic heterocycles. The predicted molar refractivity (Wildman–Crippen MR) is 75.8 cm³/mol. The third kappa shape index (κ3) is 3.68. The van der Waals surface area contributed by atoms with E-state index in [1.54, 1.807) is 12.1 Å². The quantitative estimate of drug-likeness (QED) is 0.646. The molecular weight excluding hydrogens is 258 g/mol. The summed E-state index contributed by atoms with van der Waals surface area (Å²) in [6.45, 7) is 3.12. The Balaban J connectivity index is 1.97. The molecule has 0 radical (unpaired) electrons. The molecule has 1 aromatic heterocycles. The summed E-state index contributed by atoms with van der Waals surface area (Å²) in [5.74, 6) is 1.38. The number of ether oxygens (including phenoxy) is 1. The Hall–Kier alpha value is -2.63. The monoisotopic (exact) mass is 273 g/mol. The zero-order chi connectivity index (χ0) is 14.4. The first kappa shape index (κ1) is 13.8. The minimum atomic E-state index is -0.439. The van der Waals surface area contributed by atoms with Crippen molar-refractivity contribution in [2.75, 3.05) is 11.9 Å². The summed E-state index contributed by atoms with van der Waals surface area (Å²) in [6.07, 6.45) is 0. The van der Waals surface area contributed by atoms with Crippen molar-refractivity contribution >= 4 is 11.5 Å². The van der Waals surface area contributed by atoms with Crippen molar-refractivity contribution in [3.63, 3.8) is 0 Å². The number of aromatic nitrogens is 1. The molecule has 0 aliphatic carbocycles. The van der Waals surface area contributed by atoms with Crippen LogP contribution in [0.3, 0.4) is 0 Å². The van der Waals surface area contributed by atoms with Gasteiger partial charge in [-0.1, -0.05) is 6.07 Å². The Kier molecular flexibility index (Phi) is 4.49. The van der Waals surface area contributed by atoms with Gasteiger partial charge in [0.15, 0.2) is 0 Å². The highest BCUT2D eigenvalue weighted by molar-refractivity contribution is 5.37. The van der Waals surface area contributed by atoms with E-state index in [4.69, 9.17) is 4.74 Å². The number of nitro groups is 1. The van der Waals surface area contributed by atoms with Crippen molar-refractivity contribution in [1.82, 2.24) is 4.98 Å². The van der Waals surface area contributed by atoms with Crippen LogP contribution in [-0.4, -0.2) is 16.5 Å². The van der Waals surface area contributed by atoms with E-state index in [9.17, 15) is 10.1 Å². The number of anilines is 1. The number of hydrogen-bond donors (Lipinski definition) is 1. The average molecular weight is 273 g/mol. The van der Waals surface area contributed by atoms with Crippen LogP contribution in [0.4, 0.5) is 11.5 Å². The molecule has 6 nitrogen and oxygen atoms in total. The van der Waals surface area contributed by atoms with Gasteiger partial charge in [0.1, 0.15) is 18.2 Å². The lowest BCUT2D eigenvalue weighted by Gasteiger charge is -2.07. The minimum Gasteiger partial charge on any atom is -0.487 e. The number of pyridine rings is 1. The van der Waals surface area contributed by atoms with Gasteiger partial charge in [0.2, 0.25) is 0 Å². The Labute approximate surface area is 116 Å². The third-order valence-corrected chi connectivity index (χ3v) is 2.60. The van der Waals surface area contributed by atoms with Gasteiger partial charge in [-0.2, -0.15) is 0 Å². The molecule has 1 N–H and O–H groups in total. The van der Waals surface area contributed by atoms with Gasteiger partial charge in [-0.3, -0.25) is 10.1 Å². The minimum absolute atomic E-state index is 0.0459. The number of non-ortho nitro benzene ring substituents is 1. The fraction of sp³-hybridized carbons (Fsp3) is 0.214. The molecule has 104 valence electrons. The number of benzene rings is 1. The van der Waals surface area contributed by atoms with Crippen molar-refractivity contribution in [2.45, 2.75) is 13.5 Å². The van der Waals surface area contributed by atoms with E-state index in [1.807, 2.05) is 25.1 Å². The first-order chi connectivity index (χ1) is 9.69. The van der Waals surface area contributed by atoms with E-state index < -0.39 is 4.92 Å². The summed E-state index contributed by atoms with van der Waals surface area (Å²) in [5.41, 5.74) is 0.839. The van der Waals surface area contributed by atoms with Crippen molar-refractivity contribution in [3.8, 4) is 5.75 Å². The lowest BCUT2D eigenvalue weighted by molar-refractivity contribution is -0.384. The largest absolute Gasteiger partial charge is 0.487 e. The van der Waals surface area contributed by atoms with E-state index in [2.05, 4.69) is 10.3 Å². The van der Waals surface area contributed by atoms with Crippen LogP contribution >= 0.6 is 0 Å². The highest BCUT2D eigenvalue weighted by atomic mass is 16.6. The molecule has 0 aliphatic rings. The Morgan fingerprint density at radius 1 is 1.25 bits per heavy atom. The van der Waals surface area contributed by atoms with Crippen molar-refractivity contribution in [3.05, 3.63) is 58.3 Å². The standard InChI is InChI=1S/C14H15N3O3/c1-2-15-14-5-3-4-11(16-14)10-20-13-8-6-12(7-9-13)17(18)19/h3-9H,2,10H2,1H3,(H,15,16). The molecule has 20 heavy (non-hydrogen) atoms. The van der Waals surface area contributed by atoms with Crippen LogP contribution < -0.4 is 10.1 Å². The highest BCUT2D eigenvalue weighted by Crippen LogP contribution is 2.18. The van der Waals surface area contributed by atoms with Gasteiger partial charge in [0, 0.05) is 18.7 Å². The average Bonchev–Trinajstić information content (AvgIpc) is 2.46. The smallest absolute Gasteiger partial charge is 0.269 e. The molecule has 0 amide bonds. The fourth-order valence-corrected chi connectivity index (χ4v) is 1.66. The van der Waals surface area contributed by atoms with Crippen LogP contribution in [0.5, 0.6) is 5.75 Å². The van der Waals surface area contributed by atoms with Gasteiger partial charge in [-0.05, 0) is 31.2 Å². The van der Waals surface area contributed by atoms with Gasteiger partial charge in [0.05, 0.1) is 10.6 Å². The van der Waals surface area contributed by atoms with Crippen molar-refractivity contribution in [2.24, 2.45) is 0 Å². The maximum Gasteiger partial charge on any atom is 0.269 e. The summed E-state index contributed by atoms with van der Waals surface area (Å²) in [6, 6.07) is 11.6. The van der Waals surface area contributed by atoms with E-state index in [1.165, 1.54) is 12.1 Å². The number of nitrogens with one attached hydrogen (secondary N) is 1. The van der Waals surface area contributed by atoms with Crippen molar-refractivity contribution < 1.29 is 9.66 Å². The topological polar surface area (TPSA) is 77.3 Å². The van der Waals surface area contributed by atoms with Crippen LogP contribution in [0.15, 0.2) is 42.5 Å². The summed E-state index contributed by atoms with van der Waals surface area (Å²) >= 11 is 0. The van der Waals surface area contributed by atoms with Gasteiger partial charge in [0.25, 0.3) is 5.69 Å². The number of nitro benzene ring substituents is 1. The zero-order valence-electron chi connectivity index (χ0n) is 11.1. The number of rotatable bonds is 6. The first-order valence-corrected chi connectivity index (χ1v) is 6.26. The Morgan fingerprint density at radius 3 is 2.65 bits per heavy atom. The maximum absolute atomic E-state index is 10.5. The lowest BCUT2D eigenvalue weighted by atomic mass is 10.3. The molecular formula is C14H15N3O3. The maximum atomic E-state index is 10.5. The molecule has 0 bridgehead atoms. The van der Waals surface area contributed by atoms with Crippen LogP contribution in [-0.2, 0) is 6.61 Å². The van der Waals surface area contributed by atoms with Crippen molar-refractivity contribution in [1.29, 1.82) is 0 Å². The van der Waals surface area contributed by atoms with Crippen LogP contribution in [0.1, 0.15) is 12.6 Å². The second-order valence-electron chi connectivity index (χ2n) is 4.08. The molecule has 0 spiro atoms. The van der Waals surface area contributed by atoms with Gasteiger partial charge >= 0.3 is 0 Å². The fourth-order valence-electron chi connectivity index (χ4n) is 1.66. The van der Waals surface area contributed by atoms with Crippen LogP contribution in [0, 0.1) is 10.1 Å². The number of nitrogens with zero attached hydrogens (tertiary/aromatic N) is 2. The Morgan fingerprint density at radius 2 is 2.00 bits per heavy atom. The van der Waals surface area contributed by atoms with E-state index in [0.29, 0.717) is 12.4 Å². The SMILES string of the molecule is CCNc1cccc(COc2ccc([N+](=O)[O-])cc2)n1. The molecule has 6 heteroatoms. The molecule has 2 aromatic rings. The van der Waals surface area contributed by atoms with Gasteiger partial charge in [-0.15, -0.1) is 0 Å². The van der Waals surface area contributed by atoms with Gasteiger partial charge < -0.3 is 10.1 Å². The lowest BCUT2D eigenvalue weighted by Crippen LogP contribution is -2.03. The van der Waals surface area contributed by atoms with Crippen LogP contribution in [0.2, 0.25) is 0 Å².